The second-order valence-electron chi connectivity index (χ2n) is 4.04. The van der Waals surface area contributed by atoms with Crippen LogP contribution in [0.4, 0.5) is 11.8 Å². The fourth-order valence-corrected chi connectivity index (χ4v) is 2.17. The molecule has 1 aliphatic rings. The van der Waals surface area contributed by atoms with Crippen LogP contribution in [0.2, 0.25) is 5.15 Å². The Morgan fingerprint density at radius 1 is 1.38 bits per heavy atom. The highest BCUT2D eigenvalue weighted by Crippen LogP contribution is 2.22. The number of anilines is 2. The van der Waals surface area contributed by atoms with Crippen LogP contribution in [0.3, 0.4) is 0 Å². The molecule has 4 N–H and O–H groups in total. The van der Waals surface area contributed by atoms with Gasteiger partial charge in [0, 0.05) is 6.07 Å². The Morgan fingerprint density at radius 2 is 2.12 bits per heavy atom. The van der Waals surface area contributed by atoms with Crippen LogP contribution in [0, 0.1) is 0 Å². The molecule has 1 aliphatic carbocycles. The van der Waals surface area contributed by atoms with Gasteiger partial charge in [-0.05, 0) is 12.8 Å². The molecule has 0 amide bonds. The molecule has 0 saturated heterocycles. The molecule has 1 saturated carbocycles. The number of nitrogens with zero attached hydrogens (tertiary/aromatic N) is 2. The molecular weight excluding hydrogens is 228 g/mol. The Kier molecular flexibility index (Phi) is 3.46. The average molecular weight is 243 g/mol. The van der Waals surface area contributed by atoms with Gasteiger partial charge in [0.05, 0.1) is 12.1 Å². The number of nitrogen functional groups attached to an aromatic ring is 1. The molecule has 6 heteroatoms. The monoisotopic (exact) mass is 242 g/mol. The molecule has 0 bridgehead atoms. The molecule has 0 radical (unpaired) electrons. The minimum absolute atomic E-state index is 0.0270. The lowest BCUT2D eigenvalue weighted by Crippen LogP contribution is -2.36. The highest BCUT2D eigenvalue weighted by atomic mass is 35.5. The first-order valence-corrected chi connectivity index (χ1v) is 5.77. The zero-order chi connectivity index (χ0) is 11.5. The summed E-state index contributed by atoms with van der Waals surface area (Å²) < 4.78 is 0. The summed E-state index contributed by atoms with van der Waals surface area (Å²) in [4.78, 5) is 7.80. The first-order valence-electron chi connectivity index (χ1n) is 5.40. The number of halogens is 1. The minimum atomic E-state index is -0.330. The van der Waals surface area contributed by atoms with Crippen molar-refractivity contribution in [2.45, 2.75) is 37.8 Å². The van der Waals surface area contributed by atoms with E-state index in [1.807, 2.05) is 0 Å². The van der Waals surface area contributed by atoms with Crippen LogP contribution in [0.25, 0.3) is 0 Å². The van der Waals surface area contributed by atoms with E-state index in [1.165, 1.54) is 0 Å². The van der Waals surface area contributed by atoms with E-state index in [0.29, 0.717) is 11.0 Å². The van der Waals surface area contributed by atoms with Crippen molar-refractivity contribution in [1.82, 2.24) is 9.97 Å². The zero-order valence-corrected chi connectivity index (χ0v) is 9.61. The van der Waals surface area contributed by atoms with Gasteiger partial charge in [-0.15, -0.1) is 0 Å². The number of aliphatic hydroxyl groups excluding tert-OH is 1. The van der Waals surface area contributed by atoms with E-state index in [4.69, 9.17) is 17.3 Å². The first-order chi connectivity index (χ1) is 7.65. The largest absolute Gasteiger partial charge is 0.391 e. The lowest BCUT2D eigenvalue weighted by molar-refractivity contribution is 0.116. The third kappa shape index (κ3) is 2.74. The van der Waals surface area contributed by atoms with Crippen LogP contribution in [0.5, 0.6) is 0 Å². The molecule has 0 aromatic carbocycles. The molecule has 1 fully saturated rings. The molecular formula is C10H15ClN4O. The van der Waals surface area contributed by atoms with Gasteiger partial charge in [0.25, 0.3) is 0 Å². The van der Waals surface area contributed by atoms with E-state index in [-0.39, 0.29) is 18.1 Å². The van der Waals surface area contributed by atoms with Gasteiger partial charge >= 0.3 is 0 Å². The van der Waals surface area contributed by atoms with Crippen LogP contribution in [-0.4, -0.2) is 27.2 Å². The van der Waals surface area contributed by atoms with E-state index in [1.54, 1.807) is 6.07 Å². The van der Waals surface area contributed by atoms with Crippen molar-refractivity contribution < 1.29 is 5.11 Å². The molecule has 5 nitrogen and oxygen atoms in total. The van der Waals surface area contributed by atoms with Crippen molar-refractivity contribution in [3.8, 4) is 0 Å². The molecule has 88 valence electrons. The number of nitrogens with two attached hydrogens (primary N) is 1. The van der Waals surface area contributed by atoms with E-state index in [9.17, 15) is 5.11 Å². The van der Waals surface area contributed by atoms with Crippen molar-refractivity contribution in [3.05, 3.63) is 11.2 Å². The highest BCUT2D eigenvalue weighted by Gasteiger charge is 2.23. The Labute approximate surface area is 99.0 Å². The topological polar surface area (TPSA) is 84.1 Å². The molecule has 2 atom stereocenters. The average Bonchev–Trinajstić information content (AvgIpc) is 2.20. The summed E-state index contributed by atoms with van der Waals surface area (Å²) in [6.45, 7) is 0. The third-order valence-corrected chi connectivity index (χ3v) is 2.97. The maximum Gasteiger partial charge on any atom is 0.223 e. The normalized spacial score (nSPS) is 25.4. The van der Waals surface area contributed by atoms with Gasteiger partial charge in [-0.1, -0.05) is 24.4 Å². The van der Waals surface area contributed by atoms with Gasteiger partial charge < -0.3 is 16.2 Å². The van der Waals surface area contributed by atoms with E-state index < -0.39 is 0 Å². The summed E-state index contributed by atoms with van der Waals surface area (Å²) in [6, 6.07) is 1.64. The molecule has 0 aliphatic heterocycles. The van der Waals surface area contributed by atoms with Gasteiger partial charge in [-0.25, -0.2) is 4.98 Å². The van der Waals surface area contributed by atoms with Crippen LogP contribution in [-0.2, 0) is 0 Å². The predicted octanol–water partition coefficient (Wildman–Crippen LogP) is 1.43. The van der Waals surface area contributed by atoms with E-state index in [0.717, 1.165) is 25.7 Å². The Hall–Kier alpha value is -1.07. The molecule has 0 spiro atoms. The summed E-state index contributed by atoms with van der Waals surface area (Å²) in [5.74, 6) is 0.712. The lowest BCUT2D eigenvalue weighted by atomic mass is 9.93. The Morgan fingerprint density at radius 3 is 2.81 bits per heavy atom. The number of nitrogens with one attached hydrogen (secondary N) is 1. The van der Waals surface area contributed by atoms with Crippen LogP contribution < -0.4 is 11.1 Å². The van der Waals surface area contributed by atoms with Crippen molar-refractivity contribution in [1.29, 1.82) is 0 Å². The maximum absolute atomic E-state index is 9.80. The van der Waals surface area contributed by atoms with Crippen LogP contribution in [0.15, 0.2) is 6.07 Å². The molecule has 2 rings (SSSR count). The number of aliphatic hydroxyl groups is 1. The number of rotatable bonds is 2. The number of hydrogen-bond donors (Lipinski definition) is 3. The minimum Gasteiger partial charge on any atom is -0.391 e. The third-order valence-electron chi connectivity index (χ3n) is 2.77. The van der Waals surface area contributed by atoms with Crippen molar-refractivity contribution in [3.63, 3.8) is 0 Å². The summed E-state index contributed by atoms with van der Waals surface area (Å²) in [7, 11) is 0. The van der Waals surface area contributed by atoms with Gasteiger partial charge in [0.1, 0.15) is 11.0 Å². The predicted molar refractivity (Wildman–Crippen MR) is 63.3 cm³/mol. The molecule has 16 heavy (non-hydrogen) atoms. The quantitative estimate of drug-likeness (QED) is 0.684. The molecule has 1 heterocycles. The standard InChI is InChI=1S/C10H15ClN4O/c11-8-5-9(15-10(12)14-8)13-6-3-1-2-4-7(6)16/h5-7,16H,1-4H2,(H3,12,13,14,15)/t6-,7+/m1/s1. The van der Waals surface area contributed by atoms with Crippen LogP contribution in [0.1, 0.15) is 25.7 Å². The summed E-state index contributed by atoms with van der Waals surface area (Å²) in [5, 5.41) is 13.3. The summed E-state index contributed by atoms with van der Waals surface area (Å²) in [6.07, 6.45) is 3.62. The fourth-order valence-electron chi connectivity index (χ4n) is 1.98. The van der Waals surface area contributed by atoms with Gasteiger partial charge in [-0.3, -0.25) is 0 Å². The van der Waals surface area contributed by atoms with Crippen molar-refractivity contribution in [2.24, 2.45) is 0 Å². The van der Waals surface area contributed by atoms with E-state index in [2.05, 4.69) is 15.3 Å². The van der Waals surface area contributed by atoms with Gasteiger partial charge in [0.15, 0.2) is 0 Å². The lowest BCUT2D eigenvalue weighted by Gasteiger charge is -2.28. The zero-order valence-electron chi connectivity index (χ0n) is 8.86. The summed E-state index contributed by atoms with van der Waals surface area (Å²) in [5.41, 5.74) is 5.49. The molecule has 1 aromatic heterocycles. The second kappa shape index (κ2) is 4.84. The van der Waals surface area contributed by atoms with E-state index >= 15 is 0 Å². The SMILES string of the molecule is Nc1nc(Cl)cc(N[C@@H]2CCCC[C@@H]2O)n1. The summed E-state index contributed by atoms with van der Waals surface area (Å²) >= 11 is 5.77. The van der Waals surface area contributed by atoms with Crippen molar-refractivity contribution in [2.75, 3.05) is 11.1 Å². The molecule has 1 aromatic rings. The van der Waals surface area contributed by atoms with Gasteiger partial charge in [0.2, 0.25) is 5.95 Å². The highest BCUT2D eigenvalue weighted by molar-refractivity contribution is 6.29. The Bertz CT molecular complexity index is 354. The Balaban J connectivity index is 2.07. The van der Waals surface area contributed by atoms with Crippen molar-refractivity contribution >= 4 is 23.4 Å². The maximum atomic E-state index is 9.80. The fraction of sp³-hybridized carbons (Fsp3) is 0.600. The first kappa shape index (κ1) is 11.4. The van der Waals surface area contributed by atoms with Gasteiger partial charge in [-0.2, -0.15) is 4.98 Å². The number of hydrogen-bond acceptors (Lipinski definition) is 5. The second-order valence-corrected chi connectivity index (χ2v) is 4.42. The number of aromatic nitrogens is 2. The van der Waals surface area contributed by atoms with Crippen LogP contribution >= 0.6 is 11.6 Å². The molecule has 0 unspecified atom stereocenters. The smallest absolute Gasteiger partial charge is 0.223 e.